The number of carbonyl (C=O) groups excluding carboxylic acids is 1. The van der Waals surface area contributed by atoms with Gasteiger partial charge in [0.05, 0.1) is 12.2 Å². The molecule has 0 aliphatic carbocycles. The Hall–Kier alpha value is -0.864. The van der Waals surface area contributed by atoms with E-state index in [1.165, 1.54) is 0 Å². The van der Waals surface area contributed by atoms with Crippen molar-refractivity contribution in [1.82, 2.24) is 0 Å². The molecule has 7 heteroatoms. The summed E-state index contributed by atoms with van der Waals surface area (Å²) in [6.45, 7) is 13.7. The molecule has 0 saturated carbocycles. The van der Waals surface area contributed by atoms with Gasteiger partial charge in [-0.15, -0.1) is 0 Å². The number of esters is 1. The summed E-state index contributed by atoms with van der Waals surface area (Å²) in [5, 5.41) is 28.1. The summed E-state index contributed by atoms with van der Waals surface area (Å²) < 4.78 is 12.6. The normalized spacial score (nSPS) is 13.3. The number of hydrogen-bond donors (Lipinski definition) is 3. The molecule has 23 heavy (non-hydrogen) atoms. The summed E-state index contributed by atoms with van der Waals surface area (Å²) in [5.74, 6) is -0.550. The van der Waals surface area contributed by atoms with Crippen molar-refractivity contribution < 1.29 is 44.4 Å². The first-order chi connectivity index (χ1) is 11.0. The zero-order chi connectivity index (χ0) is 18.7. The third kappa shape index (κ3) is 23.5. The Morgan fingerprint density at radius 2 is 1.52 bits per heavy atom. The molecule has 0 aromatic rings. The van der Waals surface area contributed by atoms with Gasteiger partial charge < -0.3 is 33.6 Å². The van der Waals surface area contributed by atoms with Crippen LogP contribution in [0, 0.1) is 13.5 Å². The second-order valence-corrected chi connectivity index (χ2v) is 4.66. The van der Waals surface area contributed by atoms with Crippen molar-refractivity contribution in [3.63, 3.8) is 0 Å². The zero-order valence-electron chi connectivity index (χ0n) is 13.4. The molecule has 0 spiro atoms. The van der Waals surface area contributed by atoms with Crippen LogP contribution in [0.2, 0.25) is 0 Å². The van der Waals surface area contributed by atoms with E-state index in [9.17, 15) is 15.0 Å². The Balaban J connectivity index is -0.000000919. The summed E-state index contributed by atoms with van der Waals surface area (Å²) >= 11 is 2.31. The second kappa shape index (κ2) is 21.1. The summed E-state index contributed by atoms with van der Waals surface area (Å²) in [4.78, 5) is 10.8. The summed E-state index contributed by atoms with van der Waals surface area (Å²) in [7, 11) is 0. The van der Waals surface area contributed by atoms with Gasteiger partial charge in [0.2, 0.25) is 0 Å². The van der Waals surface area contributed by atoms with Crippen LogP contribution in [0.5, 0.6) is 0 Å². The Labute approximate surface area is 147 Å². The SMILES string of the molecule is C=CC(=O)OCC(O)CCCC(O)CCCC([CH2-])O.[CH-]=C.[O]=[Co]. The molecule has 0 aromatic heterocycles. The third-order valence-corrected chi connectivity index (χ3v) is 2.73. The monoisotopic (exact) mass is 375 g/mol. The van der Waals surface area contributed by atoms with Crippen LogP contribution in [0.1, 0.15) is 38.5 Å². The maximum absolute atomic E-state index is 10.8. The predicted molar refractivity (Wildman–Crippen MR) is 82.8 cm³/mol. The molecular formula is C16H28CoO6-2. The van der Waals surface area contributed by atoms with E-state index in [2.05, 4.69) is 42.3 Å². The molecule has 3 atom stereocenters. The van der Waals surface area contributed by atoms with Gasteiger partial charge in [-0.1, -0.05) is 25.5 Å². The van der Waals surface area contributed by atoms with Crippen LogP contribution in [0.3, 0.4) is 0 Å². The van der Waals surface area contributed by atoms with E-state index in [1.54, 1.807) is 0 Å². The van der Waals surface area contributed by atoms with Crippen molar-refractivity contribution >= 4 is 5.97 Å². The number of hydrogen-bond acceptors (Lipinski definition) is 6. The van der Waals surface area contributed by atoms with Crippen molar-refractivity contribution in [3.8, 4) is 0 Å². The van der Waals surface area contributed by atoms with Crippen LogP contribution in [0.15, 0.2) is 19.2 Å². The Morgan fingerprint density at radius 1 is 1.09 bits per heavy atom. The van der Waals surface area contributed by atoms with E-state index in [1.807, 2.05) is 0 Å². The second-order valence-electron chi connectivity index (χ2n) is 4.66. The number of carbonyl (C=O) groups is 1. The molecule has 0 aliphatic rings. The molecule has 0 aromatic carbocycles. The summed E-state index contributed by atoms with van der Waals surface area (Å²) in [5.41, 5.74) is 0. The van der Waals surface area contributed by atoms with Gasteiger partial charge in [-0.25, -0.2) is 4.79 Å². The molecule has 0 fully saturated rings. The molecule has 0 heterocycles. The fourth-order valence-corrected chi connectivity index (χ4v) is 1.64. The van der Waals surface area contributed by atoms with Crippen molar-refractivity contribution in [3.05, 3.63) is 32.7 Å². The first kappa shape index (κ1) is 27.0. The van der Waals surface area contributed by atoms with Crippen molar-refractivity contribution in [1.29, 1.82) is 0 Å². The third-order valence-electron chi connectivity index (χ3n) is 2.73. The quantitative estimate of drug-likeness (QED) is 0.287. The van der Waals surface area contributed by atoms with Crippen LogP contribution >= 0.6 is 0 Å². The van der Waals surface area contributed by atoms with Gasteiger partial charge in [0.1, 0.15) is 6.61 Å². The number of rotatable bonds is 11. The van der Waals surface area contributed by atoms with E-state index >= 15 is 0 Å². The molecule has 3 N–H and O–H groups in total. The van der Waals surface area contributed by atoms with Crippen molar-refractivity contribution in [2.75, 3.05) is 6.61 Å². The van der Waals surface area contributed by atoms with E-state index < -0.39 is 24.3 Å². The van der Waals surface area contributed by atoms with E-state index in [0.29, 0.717) is 32.1 Å². The zero-order valence-corrected chi connectivity index (χ0v) is 14.4. The van der Waals surface area contributed by atoms with Crippen LogP contribution in [-0.2, 0) is 29.1 Å². The first-order valence-electron chi connectivity index (χ1n) is 7.16. The standard InChI is InChI=1S/C14H25O5.C2H3.Co.O/c1-3-14(18)19-10-13(17)9-5-8-12(16)7-4-6-11(2)15;1-2;;/h3,11-13,15-17H,1-2,4-10H2;1H,2H2;;/q2*-1;;. The summed E-state index contributed by atoms with van der Waals surface area (Å²) in [6, 6.07) is 0. The Kier molecular flexibility index (Phi) is 24.8. The number of aliphatic hydroxyl groups excluding tert-OH is 3. The van der Waals surface area contributed by atoms with Gasteiger partial charge >= 0.3 is 25.5 Å². The molecule has 0 aliphatic heterocycles. The fraction of sp³-hybridized carbons (Fsp3) is 0.625. The van der Waals surface area contributed by atoms with Crippen LogP contribution in [-0.4, -0.2) is 46.2 Å². The average Bonchev–Trinajstić information content (AvgIpc) is 2.56. The average molecular weight is 375 g/mol. The minimum absolute atomic E-state index is 0.0470. The maximum atomic E-state index is 10.8. The molecule has 0 radical (unpaired) electrons. The van der Waals surface area contributed by atoms with Gasteiger partial charge in [0.15, 0.2) is 0 Å². The molecular weight excluding hydrogens is 347 g/mol. The molecule has 0 amide bonds. The van der Waals surface area contributed by atoms with Gasteiger partial charge in [0, 0.05) is 6.08 Å². The van der Waals surface area contributed by atoms with Crippen LogP contribution in [0.4, 0.5) is 0 Å². The van der Waals surface area contributed by atoms with Gasteiger partial charge in [-0.05, 0) is 25.7 Å². The van der Waals surface area contributed by atoms with Crippen LogP contribution < -0.4 is 0 Å². The minimum atomic E-state index is -0.710. The van der Waals surface area contributed by atoms with Gasteiger partial charge in [-0.3, -0.25) is 6.58 Å². The fourth-order valence-electron chi connectivity index (χ4n) is 1.64. The Morgan fingerprint density at radius 3 is 1.96 bits per heavy atom. The predicted octanol–water partition coefficient (Wildman–Crippen LogP) is 1.46. The van der Waals surface area contributed by atoms with Crippen molar-refractivity contribution in [2.24, 2.45) is 0 Å². The first-order valence-corrected chi connectivity index (χ1v) is 7.59. The van der Waals surface area contributed by atoms with E-state index in [-0.39, 0.29) is 6.61 Å². The van der Waals surface area contributed by atoms with E-state index in [0.717, 1.165) is 12.5 Å². The summed E-state index contributed by atoms with van der Waals surface area (Å²) in [6.07, 6.45) is 2.97. The molecule has 139 valence electrons. The van der Waals surface area contributed by atoms with E-state index in [4.69, 9.17) is 13.7 Å². The van der Waals surface area contributed by atoms with Gasteiger partial charge in [-0.2, -0.15) is 0 Å². The molecule has 0 rings (SSSR count). The number of aliphatic hydroxyl groups is 3. The molecule has 3 unspecified atom stereocenters. The van der Waals surface area contributed by atoms with Crippen LogP contribution in [0.25, 0.3) is 0 Å². The molecule has 0 bridgehead atoms. The topological polar surface area (TPSA) is 104 Å². The van der Waals surface area contributed by atoms with Gasteiger partial charge in [0.25, 0.3) is 0 Å². The van der Waals surface area contributed by atoms with Crippen molar-refractivity contribution in [2.45, 2.75) is 56.8 Å². The number of ether oxygens (including phenoxy) is 1. The molecule has 0 saturated heterocycles. The Bertz CT molecular complexity index is 284. The molecule has 6 nitrogen and oxygen atoms in total.